The lowest BCUT2D eigenvalue weighted by atomic mass is 10.1. The molecule has 1 heterocycles. The number of carbonyl (C=O) groups is 1. The highest BCUT2D eigenvalue weighted by atomic mass is 16.5. The fourth-order valence-corrected chi connectivity index (χ4v) is 0.727. The zero-order valence-corrected chi connectivity index (χ0v) is 4.96. The third-order valence-electron chi connectivity index (χ3n) is 1.33. The molecule has 1 aliphatic heterocycles. The molecule has 0 unspecified atom stereocenters. The maximum atomic E-state index is 10.4. The second-order valence-corrected chi connectivity index (χ2v) is 2.08. The van der Waals surface area contributed by atoms with E-state index in [0.29, 0.717) is 0 Å². The number of aliphatic hydroxyl groups excluding tert-OH is 1. The van der Waals surface area contributed by atoms with Crippen molar-refractivity contribution in [1.29, 1.82) is 0 Å². The van der Waals surface area contributed by atoms with Gasteiger partial charge in [0.15, 0.2) is 0 Å². The van der Waals surface area contributed by atoms with E-state index in [1.54, 1.807) is 0 Å². The molecule has 1 N–H and O–H groups in total. The normalized spacial score (nSPS) is 25.8. The summed E-state index contributed by atoms with van der Waals surface area (Å²) in [6.07, 6.45) is 0.273. The van der Waals surface area contributed by atoms with Crippen molar-refractivity contribution >= 4 is 5.97 Å². The predicted octanol–water partition coefficient (Wildman–Crippen LogP) is 0.621. The smallest absolute Gasteiger partial charge is 0.306 e. The van der Waals surface area contributed by atoms with Gasteiger partial charge in [0, 0.05) is 0 Å². The summed E-state index contributed by atoms with van der Waals surface area (Å²) in [5.74, 6) is -0.381. The molecule has 0 bridgehead atoms. The van der Waals surface area contributed by atoms with Gasteiger partial charge in [-0.15, -0.1) is 0 Å². The van der Waals surface area contributed by atoms with E-state index in [0.717, 1.165) is 0 Å². The Hall–Kier alpha value is -0.990. The van der Waals surface area contributed by atoms with Crippen molar-refractivity contribution in [3.05, 3.63) is 12.3 Å². The summed E-state index contributed by atoms with van der Waals surface area (Å²) in [7, 11) is 0. The van der Waals surface area contributed by atoms with Crippen molar-refractivity contribution in [3.8, 4) is 0 Å². The zero-order valence-electron chi connectivity index (χ0n) is 4.96. The standard InChI is InChI=1S/C6H8O3/c1-4(7)5-2-6(8)9-3-5/h5,7H,1-3H2/t5-/m1/s1. The first-order chi connectivity index (χ1) is 4.20. The minimum Gasteiger partial charge on any atom is -0.512 e. The maximum Gasteiger partial charge on any atom is 0.306 e. The van der Waals surface area contributed by atoms with E-state index in [1.165, 1.54) is 0 Å². The SMILES string of the molecule is C=C(O)[C@H]1COC(=O)C1. The number of esters is 1. The monoisotopic (exact) mass is 128 g/mol. The van der Waals surface area contributed by atoms with Crippen molar-refractivity contribution in [2.45, 2.75) is 6.42 Å². The van der Waals surface area contributed by atoms with Crippen LogP contribution in [0.1, 0.15) is 6.42 Å². The van der Waals surface area contributed by atoms with Gasteiger partial charge in [-0.3, -0.25) is 4.79 Å². The van der Waals surface area contributed by atoms with Crippen LogP contribution in [0.25, 0.3) is 0 Å². The van der Waals surface area contributed by atoms with Crippen molar-refractivity contribution in [2.24, 2.45) is 5.92 Å². The molecule has 0 aromatic carbocycles. The van der Waals surface area contributed by atoms with Crippen molar-refractivity contribution < 1.29 is 14.6 Å². The number of carbonyl (C=O) groups excluding carboxylic acids is 1. The van der Waals surface area contributed by atoms with Crippen LogP contribution in [0, 0.1) is 5.92 Å². The van der Waals surface area contributed by atoms with Crippen LogP contribution in [0.4, 0.5) is 0 Å². The van der Waals surface area contributed by atoms with Crippen LogP contribution in [0.15, 0.2) is 12.3 Å². The Bertz CT molecular complexity index is 150. The Morgan fingerprint density at radius 1 is 1.89 bits per heavy atom. The third-order valence-corrected chi connectivity index (χ3v) is 1.33. The molecule has 50 valence electrons. The van der Waals surface area contributed by atoms with Crippen LogP contribution in [0.3, 0.4) is 0 Å². The molecule has 0 amide bonds. The van der Waals surface area contributed by atoms with E-state index in [1.807, 2.05) is 0 Å². The molecule has 0 aromatic rings. The summed E-state index contributed by atoms with van der Waals surface area (Å²) in [6, 6.07) is 0. The molecule has 0 aromatic heterocycles. The Kier molecular flexibility index (Phi) is 1.42. The number of cyclic esters (lactones) is 1. The van der Waals surface area contributed by atoms with Crippen LogP contribution in [0.5, 0.6) is 0 Å². The third kappa shape index (κ3) is 1.22. The molecule has 1 rings (SSSR count). The molecule has 1 aliphatic rings. The first-order valence-corrected chi connectivity index (χ1v) is 2.73. The van der Waals surface area contributed by atoms with E-state index >= 15 is 0 Å². The number of rotatable bonds is 1. The number of hydrogen-bond acceptors (Lipinski definition) is 3. The number of ether oxygens (including phenoxy) is 1. The van der Waals surface area contributed by atoms with Gasteiger partial charge in [0.25, 0.3) is 0 Å². The molecule has 0 radical (unpaired) electrons. The van der Waals surface area contributed by atoms with E-state index in [2.05, 4.69) is 11.3 Å². The lowest BCUT2D eigenvalue weighted by molar-refractivity contribution is -0.137. The largest absolute Gasteiger partial charge is 0.512 e. The average molecular weight is 128 g/mol. The molecule has 1 atom stereocenters. The van der Waals surface area contributed by atoms with Gasteiger partial charge in [-0.2, -0.15) is 0 Å². The Morgan fingerprint density at radius 3 is 2.78 bits per heavy atom. The van der Waals surface area contributed by atoms with Gasteiger partial charge in [0.2, 0.25) is 0 Å². The highest BCUT2D eigenvalue weighted by molar-refractivity contribution is 5.72. The van der Waals surface area contributed by atoms with E-state index < -0.39 is 0 Å². The maximum absolute atomic E-state index is 10.4. The molecule has 0 spiro atoms. The topological polar surface area (TPSA) is 46.5 Å². The number of aliphatic hydroxyl groups is 1. The summed E-state index contributed by atoms with van der Waals surface area (Å²) in [4.78, 5) is 10.4. The van der Waals surface area contributed by atoms with E-state index in [-0.39, 0.29) is 30.7 Å². The molecule has 9 heavy (non-hydrogen) atoms. The number of hydrogen-bond donors (Lipinski definition) is 1. The average Bonchev–Trinajstić information content (AvgIpc) is 2.14. The Balaban J connectivity index is 2.48. The summed E-state index contributed by atoms with van der Waals surface area (Å²) >= 11 is 0. The van der Waals surface area contributed by atoms with Gasteiger partial charge in [0.05, 0.1) is 18.1 Å². The van der Waals surface area contributed by atoms with Crippen LogP contribution in [-0.2, 0) is 9.53 Å². The van der Waals surface area contributed by atoms with Crippen molar-refractivity contribution in [2.75, 3.05) is 6.61 Å². The highest BCUT2D eigenvalue weighted by Crippen LogP contribution is 2.18. The molecule has 3 nitrogen and oxygen atoms in total. The minimum atomic E-state index is -0.254. The predicted molar refractivity (Wildman–Crippen MR) is 30.8 cm³/mol. The van der Waals surface area contributed by atoms with Gasteiger partial charge < -0.3 is 9.84 Å². The van der Waals surface area contributed by atoms with Crippen molar-refractivity contribution in [3.63, 3.8) is 0 Å². The summed E-state index contributed by atoms with van der Waals surface area (Å²) in [5, 5.41) is 8.74. The first kappa shape index (κ1) is 6.13. The lowest BCUT2D eigenvalue weighted by Gasteiger charge is -1.99. The molecular formula is C6H8O3. The van der Waals surface area contributed by atoms with Crippen LogP contribution in [0.2, 0.25) is 0 Å². The van der Waals surface area contributed by atoms with Gasteiger partial charge in [-0.1, -0.05) is 6.58 Å². The van der Waals surface area contributed by atoms with Crippen LogP contribution >= 0.6 is 0 Å². The molecule has 0 saturated carbocycles. The Labute approximate surface area is 52.9 Å². The minimum absolute atomic E-state index is 0.0425. The fraction of sp³-hybridized carbons (Fsp3) is 0.500. The summed E-state index contributed by atoms with van der Waals surface area (Å²) in [6.45, 7) is 3.58. The summed E-state index contributed by atoms with van der Waals surface area (Å²) < 4.78 is 4.57. The van der Waals surface area contributed by atoms with Gasteiger partial charge in [-0.05, 0) is 0 Å². The van der Waals surface area contributed by atoms with Gasteiger partial charge in [-0.25, -0.2) is 0 Å². The van der Waals surface area contributed by atoms with Gasteiger partial charge >= 0.3 is 5.97 Å². The first-order valence-electron chi connectivity index (χ1n) is 2.73. The van der Waals surface area contributed by atoms with Crippen LogP contribution in [-0.4, -0.2) is 17.7 Å². The molecule has 3 heteroatoms. The van der Waals surface area contributed by atoms with E-state index in [4.69, 9.17) is 5.11 Å². The second-order valence-electron chi connectivity index (χ2n) is 2.08. The second kappa shape index (κ2) is 2.09. The quantitative estimate of drug-likeness (QED) is 0.416. The highest BCUT2D eigenvalue weighted by Gasteiger charge is 2.25. The van der Waals surface area contributed by atoms with E-state index in [9.17, 15) is 4.79 Å². The Morgan fingerprint density at radius 2 is 2.56 bits per heavy atom. The zero-order chi connectivity index (χ0) is 6.85. The molecule has 1 saturated heterocycles. The van der Waals surface area contributed by atoms with Crippen molar-refractivity contribution in [1.82, 2.24) is 0 Å². The fourth-order valence-electron chi connectivity index (χ4n) is 0.727. The molecule has 0 aliphatic carbocycles. The summed E-state index contributed by atoms with van der Waals surface area (Å²) in [5.41, 5.74) is 0. The van der Waals surface area contributed by atoms with Crippen LogP contribution < -0.4 is 0 Å². The lowest BCUT2D eigenvalue weighted by Crippen LogP contribution is -2.00. The molecular weight excluding hydrogens is 120 g/mol. The van der Waals surface area contributed by atoms with Gasteiger partial charge in [0.1, 0.15) is 6.61 Å². The molecule has 1 fully saturated rings.